The van der Waals surface area contributed by atoms with Crippen molar-refractivity contribution in [3.05, 3.63) is 58.0 Å². The number of amides is 1. The Morgan fingerprint density at radius 2 is 2.06 bits per heavy atom. The molecule has 2 aromatic carbocycles. The van der Waals surface area contributed by atoms with Gasteiger partial charge in [0.25, 0.3) is 5.91 Å². The molecule has 0 bridgehead atoms. The number of carbonyl (C=O) groups excluding carboxylic acids is 1. The van der Waals surface area contributed by atoms with Gasteiger partial charge < -0.3 is 21.1 Å². The Labute approximate surface area is 180 Å². The molecule has 2 aliphatic rings. The van der Waals surface area contributed by atoms with E-state index < -0.39 is 17.3 Å². The van der Waals surface area contributed by atoms with Gasteiger partial charge in [-0.3, -0.25) is 4.79 Å². The number of aromatic nitrogens is 1. The Bertz CT molecular complexity index is 1210. The van der Waals surface area contributed by atoms with Gasteiger partial charge in [-0.1, -0.05) is 18.2 Å². The summed E-state index contributed by atoms with van der Waals surface area (Å²) in [5.74, 6) is -0.971. The number of carbonyl (C=O) groups is 1. The first-order chi connectivity index (χ1) is 14.8. The maximum absolute atomic E-state index is 15.6. The molecule has 6 heteroatoms. The largest absolute Gasteiger partial charge is 0.390 e. The van der Waals surface area contributed by atoms with Gasteiger partial charge in [0.1, 0.15) is 5.82 Å². The minimum atomic E-state index is -0.804. The van der Waals surface area contributed by atoms with Crippen LogP contribution in [0.15, 0.2) is 24.3 Å². The van der Waals surface area contributed by atoms with Crippen molar-refractivity contribution in [3.63, 3.8) is 0 Å². The van der Waals surface area contributed by atoms with Gasteiger partial charge in [0.05, 0.1) is 16.7 Å². The third-order valence-corrected chi connectivity index (χ3v) is 7.09. The van der Waals surface area contributed by atoms with Gasteiger partial charge in [-0.25, -0.2) is 4.39 Å². The fraction of sp³-hybridized carbons (Fsp3) is 0.400. The summed E-state index contributed by atoms with van der Waals surface area (Å²) in [5.41, 5.74) is 11.4. The topological polar surface area (TPSA) is 91.1 Å². The lowest BCUT2D eigenvalue weighted by Gasteiger charge is -2.32. The van der Waals surface area contributed by atoms with E-state index in [4.69, 9.17) is 5.73 Å². The fourth-order valence-corrected chi connectivity index (χ4v) is 5.40. The maximum atomic E-state index is 15.6. The summed E-state index contributed by atoms with van der Waals surface area (Å²) in [4.78, 5) is 15.6. The van der Waals surface area contributed by atoms with Crippen molar-refractivity contribution in [2.45, 2.75) is 51.7 Å². The van der Waals surface area contributed by atoms with Crippen molar-refractivity contribution in [1.29, 1.82) is 0 Å². The number of aromatic amines is 1. The zero-order valence-corrected chi connectivity index (χ0v) is 17.9. The molecular weight excluding hydrogens is 393 g/mol. The molecular formula is C25H28FN3O2. The van der Waals surface area contributed by atoms with Gasteiger partial charge in [-0.15, -0.1) is 0 Å². The highest BCUT2D eigenvalue weighted by molar-refractivity contribution is 6.11. The van der Waals surface area contributed by atoms with Crippen molar-refractivity contribution in [1.82, 2.24) is 10.3 Å². The minimum absolute atomic E-state index is 0.0916. The molecule has 0 spiro atoms. The Hall–Kier alpha value is -2.70. The Morgan fingerprint density at radius 3 is 2.81 bits per heavy atom. The molecule has 1 aliphatic heterocycles. The number of nitrogens with one attached hydrogen (secondary N) is 2. The lowest BCUT2D eigenvalue weighted by atomic mass is 9.77. The Morgan fingerprint density at radius 1 is 1.26 bits per heavy atom. The number of aryl methyl sites for hydroxylation is 1. The van der Waals surface area contributed by atoms with Crippen LogP contribution in [0, 0.1) is 11.7 Å². The predicted molar refractivity (Wildman–Crippen MR) is 119 cm³/mol. The SMILES string of the molecule is CC(C)(O)C1CCc2c([nH]c3c(C(N)=O)cc(F)c(-c4cccc5c4CCNC5)c23)C1. The number of primary amides is 1. The van der Waals surface area contributed by atoms with Crippen LogP contribution in [0.1, 0.15) is 53.0 Å². The lowest BCUT2D eigenvalue weighted by molar-refractivity contribution is 0.0107. The van der Waals surface area contributed by atoms with Crippen LogP contribution in [0.5, 0.6) is 0 Å². The molecule has 1 aromatic heterocycles. The van der Waals surface area contributed by atoms with E-state index in [2.05, 4.69) is 16.4 Å². The molecule has 3 aromatic rings. The number of nitrogens with two attached hydrogens (primary N) is 1. The van der Waals surface area contributed by atoms with Gasteiger partial charge in [0.2, 0.25) is 0 Å². The van der Waals surface area contributed by atoms with Crippen molar-refractivity contribution >= 4 is 16.8 Å². The summed E-state index contributed by atoms with van der Waals surface area (Å²) in [6.07, 6.45) is 3.01. The molecule has 31 heavy (non-hydrogen) atoms. The molecule has 5 rings (SSSR count). The van der Waals surface area contributed by atoms with E-state index in [1.54, 1.807) is 0 Å². The van der Waals surface area contributed by atoms with Crippen LogP contribution >= 0.6 is 0 Å². The lowest BCUT2D eigenvalue weighted by Crippen LogP contribution is -2.34. The molecule has 0 fully saturated rings. The van der Waals surface area contributed by atoms with E-state index in [1.165, 1.54) is 11.6 Å². The maximum Gasteiger partial charge on any atom is 0.250 e. The Kier molecular flexibility index (Phi) is 4.68. The second-order valence-corrected chi connectivity index (χ2v) is 9.44. The molecule has 162 valence electrons. The molecule has 1 aliphatic carbocycles. The molecule has 5 nitrogen and oxygen atoms in total. The molecule has 0 saturated carbocycles. The van der Waals surface area contributed by atoms with Crippen LogP contribution < -0.4 is 11.1 Å². The van der Waals surface area contributed by atoms with Crippen LogP contribution in [0.2, 0.25) is 0 Å². The zero-order chi connectivity index (χ0) is 21.9. The van der Waals surface area contributed by atoms with Crippen molar-refractivity contribution < 1.29 is 14.3 Å². The zero-order valence-electron chi connectivity index (χ0n) is 17.9. The first kappa shape index (κ1) is 20.2. The fourth-order valence-electron chi connectivity index (χ4n) is 5.40. The van der Waals surface area contributed by atoms with E-state index in [0.29, 0.717) is 17.5 Å². The third kappa shape index (κ3) is 3.25. The van der Waals surface area contributed by atoms with Gasteiger partial charge in [0.15, 0.2) is 0 Å². The van der Waals surface area contributed by atoms with E-state index in [9.17, 15) is 9.90 Å². The number of aliphatic hydroxyl groups is 1. The Balaban J connectivity index is 1.80. The van der Waals surface area contributed by atoms with Crippen LogP contribution in [0.4, 0.5) is 4.39 Å². The predicted octanol–water partition coefficient (Wildman–Crippen LogP) is 3.59. The van der Waals surface area contributed by atoms with E-state index in [1.807, 2.05) is 26.0 Å². The molecule has 2 heterocycles. The number of benzene rings is 2. The highest BCUT2D eigenvalue weighted by atomic mass is 19.1. The van der Waals surface area contributed by atoms with Crippen molar-refractivity contribution in [2.24, 2.45) is 11.7 Å². The normalized spacial score (nSPS) is 18.6. The van der Waals surface area contributed by atoms with Gasteiger partial charge in [-0.2, -0.15) is 0 Å². The smallest absolute Gasteiger partial charge is 0.250 e. The number of rotatable bonds is 3. The highest BCUT2D eigenvalue weighted by Gasteiger charge is 2.34. The summed E-state index contributed by atoms with van der Waals surface area (Å²) >= 11 is 0. The van der Waals surface area contributed by atoms with Crippen LogP contribution in [-0.4, -0.2) is 28.1 Å². The minimum Gasteiger partial charge on any atom is -0.390 e. The standard InChI is InChI=1S/C25H28FN3O2/c1-25(2,31)14-6-7-17-20(10-14)29-23-18(24(27)30)11-19(26)21(22(17)23)16-5-3-4-13-12-28-9-8-15(13)16/h3-5,11,14,28-29,31H,6-10,12H2,1-2H3,(H2,27,30). The van der Waals surface area contributed by atoms with Gasteiger partial charge >= 0.3 is 0 Å². The number of hydrogen-bond acceptors (Lipinski definition) is 3. The van der Waals surface area contributed by atoms with Crippen molar-refractivity contribution in [3.8, 4) is 11.1 Å². The summed E-state index contributed by atoms with van der Waals surface area (Å²) in [5, 5.41) is 14.7. The summed E-state index contributed by atoms with van der Waals surface area (Å²) in [7, 11) is 0. The molecule has 1 unspecified atom stereocenters. The summed E-state index contributed by atoms with van der Waals surface area (Å²) in [6.45, 7) is 5.28. The monoisotopic (exact) mass is 421 g/mol. The number of fused-ring (bicyclic) bond motifs is 4. The number of halogens is 1. The van der Waals surface area contributed by atoms with Gasteiger partial charge in [0, 0.05) is 23.2 Å². The highest BCUT2D eigenvalue weighted by Crippen LogP contribution is 2.43. The number of H-pyrrole nitrogens is 1. The van der Waals surface area contributed by atoms with Crippen LogP contribution in [0.3, 0.4) is 0 Å². The van der Waals surface area contributed by atoms with Crippen LogP contribution in [0.25, 0.3) is 22.0 Å². The first-order valence-corrected chi connectivity index (χ1v) is 11.0. The second-order valence-electron chi connectivity index (χ2n) is 9.44. The third-order valence-electron chi connectivity index (χ3n) is 7.09. The van der Waals surface area contributed by atoms with Crippen LogP contribution in [-0.2, 0) is 25.8 Å². The molecule has 1 atom stereocenters. The molecule has 1 amide bonds. The number of hydrogen-bond donors (Lipinski definition) is 4. The van der Waals surface area contributed by atoms with E-state index in [-0.39, 0.29) is 11.5 Å². The average Bonchev–Trinajstić information content (AvgIpc) is 3.11. The van der Waals surface area contributed by atoms with Gasteiger partial charge in [-0.05, 0) is 80.3 Å². The summed E-state index contributed by atoms with van der Waals surface area (Å²) < 4.78 is 15.6. The van der Waals surface area contributed by atoms with Crippen molar-refractivity contribution in [2.75, 3.05) is 6.54 Å². The van der Waals surface area contributed by atoms with E-state index in [0.717, 1.165) is 60.1 Å². The second kappa shape index (κ2) is 7.18. The molecule has 0 radical (unpaired) electrons. The van der Waals surface area contributed by atoms with E-state index >= 15 is 4.39 Å². The quantitative estimate of drug-likeness (QED) is 0.521. The first-order valence-electron chi connectivity index (χ1n) is 11.0. The molecule has 0 saturated heterocycles. The molecule has 5 N–H and O–H groups in total. The summed E-state index contributed by atoms with van der Waals surface area (Å²) in [6, 6.07) is 7.31. The average molecular weight is 422 g/mol.